The van der Waals surface area contributed by atoms with Crippen LogP contribution in [0.4, 0.5) is 5.95 Å². The highest BCUT2D eigenvalue weighted by molar-refractivity contribution is 5.21. The van der Waals surface area contributed by atoms with Crippen molar-refractivity contribution in [3.63, 3.8) is 0 Å². The molecule has 0 fully saturated rings. The fourth-order valence-electron chi connectivity index (χ4n) is 2.49. The van der Waals surface area contributed by atoms with Crippen molar-refractivity contribution >= 4 is 5.95 Å². The first-order valence-corrected chi connectivity index (χ1v) is 9.41. The molecule has 0 aliphatic carbocycles. The van der Waals surface area contributed by atoms with E-state index in [2.05, 4.69) is 16.9 Å². The Morgan fingerprint density at radius 2 is 1.67 bits per heavy atom. The van der Waals surface area contributed by atoms with E-state index in [-0.39, 0.29) is 5.95 Å². The Morgan fingerprint density at radius 1 is 1.04 bits per heavy atom. The third-order valence-electron chi connectivity index (χ3n) is 3.90. The molecule has 0 amide bonds. The van der Waals surface area contributed by atoms with Gasteiger partial charge in [0, 0.05) is 12.6 Å². The Hall–Kier alpha value is -1.72. The number of nitrogens with two attached hydrogens (primary N) is 1. The Balaban J connectivity index is 2.32. The van der Waals surface area contributed by atoms with Crippen molar-refractivity contribution in [1.82, 2.24) is 9.71 Å². The van der Waals surface area contributed by atoms with E-state index in [1.165, 1.54) is 51.4 Å². The van der Waals surface area contributed by atoms with Crippen LogP contribution in [0.25, 0.3) is 0 Å². The van der Waals surface area contributed by atoms with Crippen LogP contribution >= 0.6 is 0 Å². The van der Waals surface area contributed by atoms with E-state index in [1.807, 2.05) is 6.92 Å². The molecule has 1 aromatic heterocycles. The first-order valence-electron chi connectivity index (χ1n) is 9.41. The van der Waals surface area contributed by atoms with Gasteiger partial charge in [-0.05, 0) is 12.8 Å². The van der Waals surface area contributed by atoms with Crippen molar-refractivity contribution in [2.45, 2.75) is 78.1 Å². The van der Waals surface area contributed by atoms with Gasteiger partial charge in [-0.2, -0.15) is 4.98 Å². The molecule has 1 heterocycles. The molecule has 0 aliphatic heterocycles. The Labute approximate surface area is 145 Å². The number of hydrogen-bond acceptors (Lipinski definition) is 5. The minimum Gasteiger partial charge on any atom is -0.477 e. The van der Waals surface area contributed by atoms with E-state index in [0.29, 0.717) is 24.5 Å². The quantitative estimate of drug-likeness (QED) is 0.421. The Bertz CT molecular complexity index is 514. The lowest BCUT2D eigenvalue weighted by Gasteiger charge is -2.07. The molecule has 0 unspecified atom stereocenters. The summed E-state index contributed by atoms with van der Waals surface area (Å²) in [6.45, 7) is 5.51. The number of aromatic nitrogens is 2. The average Bonchev–Trinajstić information content (AvgIpc) is 2.58. The van der Waals surface area contributed by atoms with Gasteiger partial charge in [0.05, 0.1) is 6.61 Å². The van der Waals surface area contributed by atoms with Gasteiger partial charge in [-0.3, -0.25) is 4.99 Å². The van der Waals surface area contributed by atoms with Crippen LogP contribution in [0.3, 0.4) is 0 Å². The maximum atomic E-state index is 9.87. The fraction of sp³-hybridized carbons (Fsp3) is 0.778. The van der Waals surface area contributed by atoms with Gasteiger partial charge in [-0.15, -0.1) is 4.73 Å². The summed E-state index contributed by atoms with van der Waals surface area (Å²) >= 11 is 0. The second kappa shape index (κ2) is 12.7. The monoisotopic (exact) mass is 338 g/mol. The number of ether oxygens (including phenoxy) is 1. The zero-order valence-electron chi connectivity index (χ0n) is 15.3. The number of hydrogen-bond donors (Lipinski definition) is 2. The highest BCUT2D eigenvalue weighted by atomic mass is 16.5. The van der Waals surface area contributed by atoms with Crippen molar-refractivity contribution in [2.75, 3.05) is 18.9 Å². The molecule has 1 aromatic rings. The van der Waals surface area contributed by atoms with Crippen LogP contribution in [0.15, 0.2) is 11.1 Å². The Morgan fingerprint density at radius 3 is 2.29 bits per heavy atom. The number of anilines is 1. The van der Waals surface area contributed by atoms with Crippen LogP contribution in [0.1, 0.15) is 78.1 Å². The molecule has 0 aliphatic rings. The summed E-state index contributed by atoms with van der Waals surface area (Å²) in [5.74, 6) is 0.403. The molecule has 24 heavy (non-hydrogen) atoms. The minimum absolute atomic E-state index is 0.00516. The summed E-state index contributed by atoms with van der Waals surface area (Å²) in [5.41, 5.74) is 6.07. The number of rotatable bonds is 13. The van der Waals surface area contributed by atoms with E-state index in [4.69, 9.17) is 10.5 Å². The average molecular weight is 338 g/mol. The molecular formula is C18H34N4O2. The van der Waals surface area contributed by atoms with Gasteiger partial charge in [0.1, 0.15) is 0 Å². The smallest absolute Gasteiger partial charge is 0.239 e. The summed E-state index contributed by atoms with van der Waals surface area (Å²) in [6.07, 6.45) is 12.4. The minimum atomic E-state index is -0.00516. The van der Waals surface area contributed by atoms with Crippen LogP contribution in [0, 0.1) is 0 Å². The third-order valence-corrected chi connectivity index (χ3v) is 3.90. The molecule has 0 atom stereocenters. The predicted octanol–water partition coefficient (Wildman–Crippen LogP) is 3.92. The van der Waals surface area contributed by atoms with Crippen LogP contribution in [-0.2, 0) is 0 Å². The van der Waals surface area contributed by atoms with Crippen molar-refractivity contribution in [3.05, 3.63) is 11.6 Å². The van der Waals surface area contributed by atoms with E-state index in [0.717, 1.165) is 17.6 Å². The first-order chi connectivity index (χ1) is 11.7. The van der Waals surface area contributed by atoms with E-state index in [1.54, 1.807) is 6.07 Å². The molecule has 0 bridgehead atoms. The van der Waals surface area contributed by atoms with Crippen molar-refractivity contribution < 1.29 is 9.94 Å². The van der Waals surface area contributed by atoms with Crippen molar-refractivity contribution in [2.24, 2.45) is 4.99 Å². The highest BCUT2D eigenvalue weighted by Crippen LogP contribution is 2.09. The second-order valence-corrected chi connectivity index (χ2v) is 6.18. The molecule has 0 radical (unpaired) electrons. The maximum Gasteiger partial charge on any atom is 0.239 e. The standard InChI is InChI=1S/C18H34N4O2/c1-3-5-6-7-8-9-10-11-12-13-20-16-15-17(24-14-4-2)21-18(19)22(16)23/h15,23H,3-14H2,1-2H3,(H2,19,21). The van der Waals surface area contributed by atoms with Gasteiger partial charge in [-0.25, -0.2) is 0 Å². The summed E-state index contributed by atoms with van der Waals surface area (Å²) in [7, 11) is 0. The van der Waals surface area contributed by atoms with Crippen LogP contribution in [0.5, 0.6) is 5.88 Å². The molecule has 6 nitrogen and oxygen atoms in total. The molecule has 3 N–H and O–H groups in total. The number of nitrogens with zero attached hydrogens (tertiary/aromatic N) is 3. The SMILES string of the molecule is CCCCCCCCCCCN=c1cc(OCCC)nc(N)n1O. The molecule has 6 heteroatoms. The summed E-state index contributed by atoms with van der Waals surface area (Å²) in [5, 5.41) is 9.87. The molecule has 0 saturated carbocycles. The van der Waals surface area contributed by atoms with Crippen LogP contribution in [0.2, 0.25) is 0 Å². The highest BCUT2D eigenvalue weighted by Gasteiger charge is 2.03. The molecule has 138 valence electrons. The van der Waals surface area contributed by atoms with Crippen LogP contribution in [-0.4, -0.2) is 28.1 Å². The van der Waals surface area contributed by atoms with Gasteiger partial charge in [-0.1, -0.05) is 65.2 Å². The first kappa shape index (κ1) is 20.3. The topological polar surface area (TPSA) is 85.7 Å². The maximum absolute atomic E-state index is 9.87. The predicted molar refractivity (Wildman–Crippen MR) is 97.3 cm³/mol. The van der Waals surface area contributed by atoms with Gasteiger partial charge in [0.25, 0.3) is 0 Å². The molecule has 0 saturated heterocycles. The molecule has 1 rings (SSSR count). The van der Waals surface area contributed by atoms with Gasteiger partial charge in [0.15, 0.2) is 5.49 Å². The number of unbranched alkanes of at least 4 members (excludes halogenated alkanes) is 8. The van der Waals surface area contributed by atoms with Crippen molar-refractivity contribution in [1.29, 1.82) is 0 Å². The number of nitrogen functional groups attached to an aromatic ring is 1. The van der Waals surface area contributed by atoms with Gasteiger partial charge < -0.3 is 15.7 Å². The summed E-state index contributed by atoms with van der Waals surface area (Å²) < 4.78 is 6.27. The zero-order valence-corrected chi connectivity index (χ0v) is 15.3. The fourth-order valence-corrected chi connectivity index (χ4v) is 2.49. The van der Waals surface area contributed by atoms with Crippen LogP contribution < -0.4 is 16.0 Å². The Kier molecular flexibility index (Phi) is 10.7. The van der Waals surface area contributed by atoms with Gasteiger partial charge in [0.2, 0.25) is 11.8 Å². The molecular weight excluding hydrogens is 304 g/mol. The lowest BCUT2D eigenvalue weighted by atomic mass is 10.1. The normalized spacial score (nSPS) is 11.8. The lowest BCUT2D eigenvalue weighted by molar-refractivity contribution is 0.172. The molecule has 0 aromatic carbocycles. The largest absolute Gasteiger partial charge is 0.477 e. The van der Waals surface area contributed by atoms with E-state index < -0.39 is 0 Å². The lowest BCUT2D eigenvalue weighted by Crippen LogP contribution is -2.24. The van der Waals surface area contributed by atoms with E-state index >= 15 is 0 Å². The van der Waals surface area contributed by atoms with Gasteiger partial charge >= 0.3 is 0 Å². The zero-order chi connectivity index (χ0) is 17.6. The second-order valence-electron chi connectivity index (χ2n) is 6.18. The molecule has 0 spiro atoms. The summed E-state index contributed by atoms with van der Waals surface area (Å²) in [6, 6.07) is 1.62. The third kappa shape index (κ3) is 8.22. The van der Waals surface area contributed by atoms with Crippen molar-refractivity contribution in [3.8, 4) is 5.88 Å². The van der Waals surface area contributed by atoms with E-state index in [9.17, 15) is 5.21 Å². The summed E-state index contributed by atoms with van der Waals surface area (Å²) in [4.78, 5) is 8.39.